The molecular formula is C8H9N2O2-. The first-order chi connectivity index (χ1) is 5.75. The molecule has 1 heterocycles. The summed E-state index contributed by atoms with van der Waals surface area (Å²) in [6.45, 7) is 1.85. The van der Waals surface area contributed by atoms with Gasteiger partial charge in [0.25, 0.3) is 0 Å². The van der Waals surface area contributed by atoms with E-state index in [1.54, 1.807) is 12.3 Å². The van der Waals surface area contributed by atoms with E-state index in [9.17, 15) is 9.90 Å². The van der Waals surface area contributed by atoms with E-state index < -0.39 is 5.97 Å². The summed E-state index contributed by atoms with van der Waals surface area (Å²) < 4.78 is 0. The van der Waals surface area contributed by atoms with Gasteiger partial charge in [-0.1, -0.05) is 13.0 Å². The lowest BCUT2D eigenvalue weighted by Gasteiger charge is -2.03. The highest BCUT2D eigenvalue weighted by Crippen LogP contribution is 2.08. The summed E-state index contributed by atoms with van der Waals surface area (Å²) in [5.74, 6) is -0.858. The predicted molar refractivity (Wildman–Crippen MR) is 41.9 cm³/mol. The highest BCUT2D eigenvalue weighted by Gasteiger charge is 2.02. The first kappa shape index (κ1) is 8.52. The number of rotatable bonds is 3. The van der Waals surface area contributed by atoms with Gasteiger partial charge in [-0.2, -0.15) is 0 Å². The fraction of sp³-hybridized carbons (Fsp3) is 0.250. The van der Waals surface area contributed by atoms with Crippen molar-refractivity contribution in [3.05, 3.63) is 24.3 Å². The minimum Gasteiger partial charge on any atom is -0.545 e. The van der Waals surface area contributed by atoms with Gasteiger partial charge in [0.1, 0.15) is 5.82 Å². The Kier molecular flexibility index (Phi) is 2.63. The smallest absolute Gasteiger partial charge is 0.138 e. The number of carbonyl (C=O) groups is 1. The Labute approximate surface area is 70.0 Å². The number of aromatic nitrogens is 2. The van der Waals surface area contributed by atoms with Crippen LogP contribution in [-0.2, 0) is 4.79 Å². The Bertz CT molecular complexity index is 288. The molecule has 0 aliphatic carbocycles. The lowest BCUT2D eigenvalue weighted by Crippen LogP contribution is -2.24. The third kappa shape index (κ3) is 1.72. The SMILES string of the molecule is CC/C=C(\C(=O)[O-])c1ncc[nH]1. The van der Waals surface area contributed by atoms with Crippen LogP contribution in [0.3, 0.4) is 0 Å². The van der Waals surface area contributed by atoms with Crippen LogP contribution in [0.25, 0.3) is 5.57 Å². The number of hydrogen-bond acceptors (Lipinski definition) is 3. The lowest BCUT2D eigenvalue weighted by molar-refractivity contribution is -0.295. The van der Waals surface area contributed by atoms with Crippen LogP contribution < -0.4 is 5.11 Å². The number of carboxylic acid groups (broad SMARTS) is 1. The second-order valence-electron chi connectivity index (χ2n) is 2.25. The summed E-state index contributed by atoms with van der Waals surface area (Å²) in [4.78, 5) is 17.1. The average Bonchev–Trinajstić information content (AvgIpc) is 2.51. The number of imidazole rings is 1. The van der Waals surface area contributed by atoms with Gasteiger partial charge in [-0.25, -0.2) is 4.98 Å². The molecule has 0 aromatic carbocycles. The van der Waals surface area contributed by atoms with Gasteiger partial charge in [-0.05, 0) is 6.42 Å². The van der Waals surface area contributed by atoms with E-state index in [0.29, 0.717) is 12.2 Å². The van der Waals surface area contributed by atoms with Crippen molar-refractivity contribution in [2.24, 2.45) is 0 Å². The topological polar surface area (TPSA) is 68.8 Å². The van der Waals surface area contributed by atoms with Crippen molar-refractivity contribution in [2.75, 3.05) is 0 Å². The molecule has 1 rings (SSSR count). The molecule has 1 N–H and O–H groups in total. The van der Waals surface area contributed by atoms with Crippen molar-refractivity contribution in [2.45, 2.75) is 13.3 Å². The molecule has 64 valence electrons. The van der Waals surface area contributed by atoms with Crippen LogP contribution in [0.15, 0.2) is 18.5 Å². The van der Waals surface area contributed by atoms with E-state index in [0.717, 1.165) is 0 Å². The van der Waals surface area contributed by atoms with Gasteiger partial charge >= 0.3 is 0 Å². The number of carboxylic acids is 1. The minimum absolute atomic E-state index is 0.113. The maximum atomic E-state index is 10.5. The average molecular weight is 165 g/mol. The molecule has 4 heteroatoms. The van der Waals surface area contributed by atoms with Gasteiger partial charge in [-0.3, -0.25) is 0 Å². The van der Waals surface area contributed by atoms with E-state index in [4.69, 9.17) is 0 Å². The third-order valence-electron chi connectivity index (χ3n) is 1.38. The fourth-order valence-corrected chi connectivity index (χ4v) is 0.893. The fourth-order valence-electron chi connectivity index (χ4n) is 0.893. The summed E-state index contributed by atoms with van der Waals surface area (Å²) in [6.07, 6.45) is 5.28. The molecule has 0 radical (unpaired) electrons. The number of aliphatic carboxylic acids is 1. The molecule has 0 unspecified atom stereocenters. The largest absolute Gasteiger partial charge is 0.545 e. The van der Waals surface area contributed by atoms with Crippen molar-refractivity contribution >= 4 is 11.5 Å². The Balaban J connectivity index is 2.96. The molecule has 0 bridgehead atoms. The molecule has 1 aromatic rings. The Hall–Kier alpha value is -1.58. The molecule has 4 nitrogen and oxygen atoms in total. The zero-order valence-corrected chi connectivity index (χ0v) is 6.70. The third-order valence-corrected chi connectivity index (χ3v) is 1.38. The van der Waals surface area contributed by atoms with Crippen LogP contribution >= 0.6 is 0 Å². The molecule has 0 saturated carbocycles. The van der Waals surface area contributed by atoms with E-state index in [2.05, 4.69) is 9.97 Å². The second-order valence-corrected chi connectivity index (χ2v) is 2.25. The number of carbonyl (C=O) groups excluding carboxylic acids is 1. The van der Waals surface area contributed by atoms with Gasteiger partial charge in [-0.15, -0.1) is 0 Å². The molecule has 0 saturated heterocycles. The zero-order chi connectivity index (χ0) is 8.97. The zero-order valence-electron chi connectivity index (χ0n) is 6.70. The molecule has 1 aromatic heterocycles. The summed E-state index contributed by atoms with van der Waals surface area (Å²) in [5, 5.41) is 10.5. The van der Waals surface area contributed by atoms with Crippen LogP contribution in [0.5, 0.6) is 0 Å². The summed E-state index contributed by atoms with van der Waals surface area (Å²) in [6, 6.07) is 0. The van der Waals surface area contributed by atoms with Gasteiger partial charge < -0.3 is 14.9 Å². The lowest BCUT2D eigenvalue weighted by atomic mass is 10.2. The van der Waals surface area contributed by atoms with Gasteiger partial charge in [0.2, 0.25) is 0 Å². The summed E-state index contributed by atoms with van der Waals surface area (Å²) in [5.41, 5.74) is 0.113. The Morgan fingerprint density at radius 1 is 1.83 bits per heavy atom. The molecule has 0 spiro atoms. The van der Waals surface area contributed by atoms with Crippen LogP contribution in [0.2, 0.25) is 0 Å². The highest BCUT2D eigenvalue weighted by atomic mass is 16.4. The molecule has 0 aliphatic heterocycles. The van der Waals surface area contributed by atoms with E-state index in [1.807, 2.05) is 6.92 Å². The van der Waals surface area contributed by atoms with Crippen LogP contribution in [-0.4, -0.2) is 15.9 Å². The first-order valence-corrected chi connectivity index (χ1v) is 3.67. The van der Waals surface area contributed by atoms with Crippen molar-refractivity contribution in [1.82, 2.24) is 9.97 Å². The van der Waals surface area contributed by atoms with Crippen molar-refractivity contribution < 1.29 is 9.90 Å². The monoisotopic (exact) mass is 165 g/mol. The normalized spacial score (nSPS) is 11.6. The number of hydrogen-bond donors (Lipinski definition) is 1. The number of allylic oxidation sites excluding steroid dienone is 1. The highest BCUT2D eigenvalue weighted by molar-refractivity contribution is 6.12. The van der Waals surface area contributed by atoms with Crippen LogP contribution in [0.4, 0.5) is 0 Å². The van der Waals surface area contributed by atoms with Crippen molar-refractivity contribution in [1.29, 1.82) is 0 Å². The Morgan fingerprint density at radius 3 is 3.00 bits per heavy atom. The molecule has 0 amide bonds. The number of nitrogens with zero attached hydrogens (tertiary/aromatic N) is 1. The molecule has 0 aliphatic rings. The summed E-state index contributed by atoms with van der Waals surface area (Å²) in [7, 11) is 0. The number of H-pyrrole nitrogens is 1. The van der Waals surface area contributed by atoms with E-state index in [-0.39, 0.29) is 5.57 Å². The van der Waals surface area contributed by atoms with Crippen molar-refractivity contribution in [3.63, 3.8) is 0 Å². The number of nitrogens with one attached hydrogen (secondary N) is 1. The van der Waals surface area contributed by atoms with Gasteiger partial charge in [0.15, 0.2) is 0 Å². The van der Waals surface area contributed by atoms with E-state index >= 15 is 0 Å². The molecule has 0 fully saturated rings. The van der Waals surface area contributed by atoms with Crippen LogP contribution in [0.1, 0.15) is 19.2 Å². The van der Waals surface area contributed by atoms with Gasteiger partial charge in [0, 0.05) is 18.0 Å². The molecular weight excluding hydrogens is 156 g/mol. The summed E-state index contributed by atoms with van der Waals surface area (Å²) >= 11 is 0. The van der Waals surface area contributed by atoms with E-state index in [1.165, 1.54) is 6.20 Å². The predicted octanol–water partition coefficient (Wildman–Crippen LogP) is -0.0470. The maximum absolute atomic E-state index is 10.5. The van der Waals surface area contributed by atoms with Crippen molar-refractivity contribution in [3.8, 4) is 0 Å². The Morgan fingerprint density at radius 2 is 2.58 bits per heavy atom. The maximum Gasteiger partial charge on any atom is 0.138 e. The minimum atomic E-state index is -1.20. The molecule has 0 atom stereocenters. The second kappa shape index (κ2) is 3.71. The van der Waals surface area contributed by atoms with Gasteiger partial charge in [0.05, 0.1) is 5.97 Å². The molecule has 12 heavy (non-hydrogen) atoms. The standard InChI is InChI=1S/C8H10N2O2/c1-2-3-6(8(11)12)7-9-4-5-10-7/h3-5H,2H2,1H3,(H,9,10)(H,11,12)/p-1/b6-3-. The quantitative estimate of drug-likeness (QED) is 0.638. The van der Waals surface area contributed by atoms with Crippen LogP contribution in [0, 0.1) is 0 Å². The number of aromatic amines is 1. The first-order valence-electron chi connectivity index (χ1n) is 3.67.